The molecule has 1 heterocycles. The molecule has 0 radical (unpaired) electrons. The maximum atomic E-state index is 12.2. The molecular formula is C16H15NO2S. The second-order valence-electron chi connectivity index (χ2n) is 4.62. The second kappa shape index (κ2) is 5.69. The van der Waals surface area contributed by atoms with Gasteiger partial charge in [-0.15, -0.1) is 11.8 Å². The van der Waals surface area contributed by atoms with E-state index < -0.39 is 6.23 Å². The van der Waals surface area contributed by atoms with Crippen molar-refractivity contribution >= 4 is 17.7 Å². The molecule has 1 aliphatic heterocycles. The highest BCUT2D eigenvalue weighted by Gasteiger charge is 2.34. The Hall–Kier alpha value is -1.78. The highest BCUT2D eigenvalue weighted by molar-refractivity contribution is 7.99. The number of rotatable bonds is 4. The van der Waals surface area contributed by atoms with Crippen LogP contribution in [0.4, 0.5) is 0 Å². The van der Waals surface area contributed by atoms with Crippen molar-refractivity contribution in [3.05, 3.63) is 65.7 Å². The van der Waals surface area contributed by atoms with Crippen LogP contribution in [-0.2, 0) is 0 Å². The molecule has 1 aliphatic rings. The molecule has 0 aromatic heterocycles. The Morgan fingerprint density at radius 1 is 1.05 bits per heavy atom. The SMILES string of the molecule is O=C1c2ccccc2C(O)N1CCSc1ccccc1. The van der Waals surface area contributed by atoms with Crippen molar-refractivity contribution in [3.63, 3.8) is 0 Å². The van der Waals surface area contributed by atoms with E-state index in [2.05, 4.69) is 0 Å². The second-order valence-corrected chi connectivity index (χ2v) is 5.79. The first-order valence-corrected chi connectivity index (χ1v) is 7.52. The Balaban J connectivity index is 1.64. The Kier molecular flexibility index (Phi) is 3.76. The molecule has 0 saturated heterocycles. The summed E-state index contributed by atoms with van der Waals surface area (Å²) in [5, 5.41) is 10.2. The first kappa shape index (κ1) is 13.2. The lowest BCUT2D eigenvalue weighted by Crippen LogP contribution is -2.30. The monoisotopic (exact) mass is 285 g/mol. The maximum Gasteiger partial charge on any atom is 0.256 e. The molecule has 2 aromatic carbocycles. The lowest BCUT2D eigenvalue weighted by molar-refractivity contribution is 0.0208. The van der Waals surface area contributed by atoms with Crippen LogP contribution >= 0.6 is 11.8 Å². The molecule has 0 saturated carbocycles. The smallest absolute Gasteiger partial charge is 0.256 e. The average molecular weight is 285 g/mol. The molecule has 0 spiro atoms. The molecule has 3 rings (SSSR count). The molecule has 20 heavy (non-hydrogen) atoms. The number of hydrogen-bond acceptors (Lipinski definition) is 3. The van der Waals surface area contributed by atoms with Gasteiger partial charge in [-0.25, -0.2) is 0 Å². The quantitative estimate of drug-likeness (QED) is 0.878. The van der Waals surface area contributed by atoms with E-state index in [9.17, 15) is 9.90 Å². The van der Waals surface area contributed by atoms with Gasteiger partial charge in [0.1, 0.15) is 0 Å². The van der Waals surface area contributed by atoms with E-state index in [0.29, 0.717) is 17.7 Å². The summed E-state index contributed by atoms with van der Waals surface area (Å²) in [4.78, 5) is 14.9. The maximum absolute atomic E-state index is 12.2. The third-order valence-electron chi connectivity index (χ3n) is 3.37. The van der Waals surface area contributed by atoms with Crippen LogP contribution in [0.5, 0.6) is 0 Å². The van der Waals surface area contributed by atoms with E-state index in [0.717, 1.165) is 5.75 Å². The number of nitrogens with zero attached hydrogens (tertiary/aromatic N) is 1. The minimum absolute atomic E-state index is 0.0817. The van der Waals surface area contributed by atoms with E-state index in [-0.39, 0.29) is 5.91 Å². The fourth-order valence-electron chi connectivity index (χ4n) is 2.35. The molecule has 102 valence electrons. The van der Waals surface area contributed by atoms with Crippen LogP contribution in [0.1, 0.15) is 22.1 Å². The van der Waals surface area contributed by atoms with Crippen LogP contribution in [-0.4, -0.2) is 28.2 Å². The fourth-order valence-corrected chi connectivity index (χ4v) is 3.23. The van der Waals surface area contributed by atoms with Gasteiger partial charge in [-0.3, -0.25) is 4.79 Å². The molecule has 0 aliphatic carbocycles. The van der Waals surface area contributed by atoms with Crippen LogP contribution in [0.15, 0.2) is 59.5 Å². The Bertz CT molecular complexity index is 615. The highest BCUT2D eigenvalue weighted by atomic mass is 32.2. The van der Waals surface area contributed by atoms with E-state index in [1.165, 1.54) is 9.80 Å². The van der Waals surface area contributed by atoms with Crippen molar-refractivity contribution in [2.24, 2.45) is 0 Å². The Labute approximate surface area is 122 Å². The van der Waals surface area contributed by atoms with Gasteiger partial charge in [0.05, 0.1) is 0 Å². The molecule has 1 unspecified atom stereocenters. The lowest BCUT2D eigenvalue weighted by atomic mass is 10.1. The summed E-state index contributed by atoms with van der Waals surface area (Å²) in [5.41, 5.74) is 1.33. The topological polar surface area (TPSA) is 40.5 Å². The number of aliphatic hydroxyl groups is 1. The number of aliphatic hydroxyl groups excluding tert-OH is 1. The predicted molar refractivity (Wildman–Crippen MR) is 79.6 cm³/mol. The van der Waals surface area contributed by atoms with Crippen LogP contribution in [0, 0.1) is 0 Å². The molecule has 4 heteroatoms. The van der Waals surface area contributed by atoms with Crippen LogP contribution < -0.4 is 0 Å². The van der Waals surface area contributed by atoms with Gasteiger partial charge in [-0.2, -0.15) is 0 Å². The van der Waals surface area contributed by atoms with Crippen molar-refractivity contribution in [1.29, 1.82) is 0 Å². The summed E-state index contributed by atoms with van der Waals surface area (Å²) in [6.07, 6.45) is -0.810. The van der Waals surface area contributed by atoms with Crippen LogP contribution in [0.3, 0.4) is 0 Å². The number of thioether (sulfide) groups is 1. The number of amides is 1. The van der Waals surface area contributed by atoms with Gasteiger partial charge in [-0.05, 0) is 18.2 Å². The fraction of sp³-hybridized carbons (Fsp3) is 0.188. The van der Waals surface area contributed by atoms with Crippen molar-refractivity contribution < 1.29 is 9.90 Å². The van der Waals surface area contributed by atoms with Crippen molar-refractivity contribution in [2.75, 3.05) is 12.3 Å². The van der Waals surface area contributed by atoms with Crippen LogP contribution in [0.2, 0.25) is 0 Å². The van der Waals surface area contributed by atoms with E-state index >= 15 is 0 Å². The first-order valence-electron chi connectivity index (χ1n) is 6.53. The first-order chi connectivity index (χ1) is 9.77. The minimum Gasteiger partial charge on any atom is -0.369 e. The van der Waals surface area contributed by atoms with Gasteiger partial charge in [0, 0.05) is 28.3 Å². The molecular weight excluding hydrogens is 270 g/mol. The standard InChI is InChI=1S/C16H15NO2S/c18-15-13-8-4-5-9-14(13)16(19)17(15)10-11-20-12-6-2-1-3-7-12/h1-9,15,18H,10-11H2. The summed E-state index contributed by atoms with van der Waals surface area (Å²) >= 11 is 1.69. The van der Waals surface area contributed by atoms with E-state index in [4.69, 9.17) is 0 Å². The zero-order valence-corrected chi connectivity index (χ0v) is 11.7. The minimum atomic E-state index is -0.810. The van der Waals surface area contributed by atoms with Crippen molar-refractivity contribution in [2.45, 2.75) is 11.1 Å². The number of carbonyl (C=O) groups is 1. The highest BCUT2D eigenvalue weighted by Crippen LogP contribution is 2.31. The lowest BCUT2D eigenvalue weighted by Gasteiger charge is -2.20. The largest absolute Gasteiger partial charge is 0.369 e. The molecule has 3 nitrogen and oxygen atoms in total. The van der Waals surface area contributed by atoms with E-state index in [1.807, 2.05) is 48.5 Å². The zero-order valence-electron chi connectivity index (χ0n) is 10.9. The van der Waals surface area contributed by atoms with Gasteiger partial charge in [0.2, 0.25) is 0 Å². The van der Waals surface area contributed by atoms with Gasteiger partial charge < -0.3 is 10.0 Å². The number of carbonyl (C=O) groups excluding carboxylic acids is 1. The molecule has 1 N–H and O–H groups in total. The zero-order chi connectivity index (χ0) is 13.9. The Morgan fingerprint density at radius 2 is 1.75 bits per heavy atom. The summed E-state index contributed by atoms with van der Waals surface area (Å²) in [6.45, 7) is 0.536. The summed E-state index contributed by atoms with van der Waals surface area (Å²) in [7, 11) is 0. The van der Waals surface area contributed by atoms with Crippen molar-refractivity contribution in [3.8, 4) is 0 Å². The molecule has 1 amide bonds. The van der Waals surface area contributed by atoms with E-state index in [1.54, 1.807) is 17.8 Å². The third kappa shape index (κ3) is 2.44. The van der Waals surface area contributed by atoms with Crippen LogP contribution in [0.25, 0.3) is 0 Å². The van der Waals surface area contributed by atoms with Gasteiger partial charge in [0.25, 0.3) is 5.91 Å². The van der Waals surface area contributed by atoms with Crippen molar-refractivity contribution in [1.82, 2.24) is 4.90 Å². The number of hydrogen-bond donors (Lipinski definition) is 1. The molecule has 2 aromatic rings. The predicted octanol–water partition coefficient (Wildman–Crippen LogP) is 2.93. The normalized spacial score (nSPS) is 17.4. The van der Waals surface area contributed by atoms with Gasteiger partial charge in [0.15, 0.2) is 6.23 Å². The summed E-state index contributed by atoms with van der Waals surface area (Å²) < 4.78 is 0. The third-order valence-corrected chi connectivity index (χ3v) is 4.36. The summed E-state index contributed by atoms with van der Waals surface area (Å²) in [6, 6.07) is 17.3. The number of benzene rings is 2. The van der Waals surface area contributed by atoms with Gasteiger partial charge >= 0.3 is 0 Å². The molecule has 1 atom stereocenters. The molecule has 0 bridgehead atoms. The van der Waals surface area contributed by atoms with Gasteiger partial charge in [-0.1, -0.05) is 36.4 Å². The average Bonchev–Trinajstić information content (AvgIpc) is 2.74. The molecule has 0 fully saturated rings. The number of fused-ring (bicyclic) bond motifs is 1. The summed E-state index contributed by atoms with van der Waals surface area (Å²) in [5.74, 6) is 0.683. The Morgan fingerprint density at radius 3 is 2.50 bits per heavy atom.